The molecule has 0 amide bonds. The lowest BCUT2D eigenvalue weighted by molar-refractivity contribution is -0.120. The van der Waals surface area contributed by atoms with E-state index in [1.54, 1.807) is 6.33 Å². The van der Waals surface area contributed by atoms with Crippen LogP contribution in [-0.2, 0) is 11.3 Å². The summed E-state index contributed by atoms with van der Waals surface area (Å²) in [7, 11) is 0. The maximum atomic E-state index is 12.5. The van der Waals surface area contributed by atoms with E-state index in [0.717, 1.165) is 22.5 Å². The molecule has 3 rings (SSSR count). The van der Waals surface area contributed by atoms with Gasteiger partial charge in [0.15, 0.2) is 0 Å². The van der Waals surface area contributed by atoms with E-state index >= 15 is 0 Å². The van der Waals surface area contributed by atoms with Crippen LogP contribution >= 0.6 is 0 Å². The maximum Gasteiger partial charge on any atom is 0.145 e. The van der Waals surface area contributed by atoms with Crippen LogP contribution in [0.1, 0.15) is 38.7 Å². The molecular weight excluding hydrogens is 364 g/mol. The van der Waals surface area contributed by atoms with Crippen molar-refractivity contribution in [3.8, 4) is 0 Å². The van der Waals surface area contributed by atoms with Crippen molar-refractivity contribution in [2.75, 3.05) is 11.9 Å². The number of benzene rings is 1. The normalized spacial score (nSPS) is 12.4. The van der Waals surface area contributed by atoms with E-state index in [1.165, 1.54) is 5.56 Å². The third-order valence-electron chi connectivity index (χ3n) is 5.43. The second-order valence-corrected chi connectivity index (χ2v) is 7.97. The minimum absolute atomic E-state index is 0.131. The predicted octanol–water partition coefficient (Wildman–Crippen LogP) is 4.49. The summed E-state index contributed by atoms with van der Waals surface area (Å²) < 4.78 is 2.01. The van der Waals surface area contributed by atoms with Crippen molar-refractivity contribution in [3.63, 3.8) is 0 Å². The van der Waals surface area contributed by atoms with Crippen LogP contribution in [0.15, 0.2) is 42.9 Å². The van der Waals surface area contributed by atoms with Crippen LogP contribution in [0, 0.1) is 18.8 Å². The number of nitrogens with zero attached hydrogens (tertiary/aromatic N) is 3. The number of aryl methyl sites for hydroxylation is 2. The smallest absolute Gasteiger partial charge is 0.145 e. The van der Waals surface area contributed by atoms with Crippen LogP contribution in [0.4, 0.5) is 11.5 Å². The number of anilines is 2. The highest BCUT2D eigenvalue weighted by molar-refractivity contribution is 5.89. The Kier molecular flexibility index (Phi) is 6.99. The molecule has 1 aromatic carbocycles. The Bertz CT molecular complexity index is 947. The minimum Gasteiger partial charge on any atom is -0.396 e. The van der Waals surface area contributed by atoms with E-state index in [0.29, 0.717) is 31.7 Å². The molecule has 0 aliphatic carbocycles. The van der Waals surface area contributed by atoms with E-state index in [4.69, 9.17) is 0 Å². The summed E-state index contributed by atoms with van der Waals surface area (Å²) >= 11 is 0. The zero-order valence-electron chi connectivity index (χ0n) is 17.4. The molecule has 6 heteroatoms. The largest absolute Gasteiger partial charge is 0.396 e. The number of rotatable bonds is 10. The van der Waals surface area contributed by atoms with Crippen molar-refractivity contribution in [2.45, 2.75) is 46.6 Å². The second kappa shape index (κ2) is 9.65. The molecule has 0 fully saturated rings. The number of nitrogens with one attached hydrogen (secondary N) is 1. The van der Waals surface area contributed by atoms with Gasteiger partial charge in [0.1, 0.15) is 23.6 Å². The topological polar surface area (TPSA) is 80.0 Å². The van der Waals surface area contributed by atoms with Gasteiger partial charge in [-0.1, -0.05) is 31.5 Å². The predicted molar refractivity (Wildman–Crippen MR) is 116 cm³/mol. The molecule has 29 heavy (non-hydrogen) atoms. The first kappa shape index (κ1) is 21.0. The summed E-state index contributed by atoms with van der Waals surface area (Å²) in [6.45, 7) is 6.99. The third kappa shape index (κ3) is 5.41. The molecule has 3 aromatic rings. The van der Waals surface area contributed by atoms with E-state index in [2.05, 4.69) is 48.2 Å². The molecule has 1 unspecified atom stereocenters. The van der Waals surface area contributed by atoms with Gasteiger partial charge >= 0.3 is 0 Å². The van der Waals surface area contributed by atoms with Crippen LogP contribution in [0.3, 0.4) is 0 Å². The fourth-order valence-corrected chi connectivity index (χ4v) is 3.53. The number of ketones is 1. The first-order chi connectivity index (χ1) is 14.0. The van der Waals surface area contributed by atoms with Gasteiger partial charge in [0.2, 0.25) is 0 Å². The number of aromatic nitrogens is 3. The number of carbonyl (C=O) groups excluding carboxylic acids is 1. The first-order valence-electron chi connectivity index (χ1n) is 10.2. The van der Waals surface area contributed by atoms with Crippen LogP contribution in [0.5, 0.6) is 0 Å². The zero-order valence-corrected chi connectivity index (χ0v) is 17.4. The molecule has 2 N–H and O–H groups in total. The molecule has 2 heterocycles. The lowest BCUT2D eigenvalue weighted by Crippen LogP contribution is -2.17. The summed E-state index contributed by atoms with van der Waals surface area (Å²) in [6, 6.07) is 10.1. The van der Waals surface area contributed by atoms with Crippen molar-refractivity contribution >= 4 is 28.3 Å². The fraction of sp³-hybridized carbons (Fsp3) is 0.435. The van der Waals surface area contributed by atoms with E-state index in [9.17, 15) is 9.90 Å². The standard InChI is InChI=1S/C23H30N4O2/c1-16(2)18(10-13-28)14-20(29)8-11-27-12-9-21-22(24-15-25-23(21)27)26-19-6-4-17(3)5-7-19/h4-7,9,12,15-16,18,28H,8,10-11,13-14H2,1-3H3,(H,24,25,26). The Morgan fingerprint density at radius 1 is 1.17 bits per heavy atom. The zero-order chi connectivity index (χ0) is 20.8. The Morgan fingerprint density at radius 2 is 1.93 bits per heavy atom. The van der Waals surface area contributed by atoms with E-state index < -0.39 is 0 Å². The van der Waals surface area contributed by atoms with Gasteiger partial charge in [-0.2, -0.15) is 0 Å². The van der Waals surface area contributed by atoms with Gasteiger partial charge < -0.3 is 15.0 Å². The highest BCUT2D eigenvalue weighted by Gasteiger charge is 2.17. The van der Waals surface area contributed by atoms with Gasteiger partial charge in [-0.3, -0.25) is 4.79 Å². The molecular formula is C23H30N4O2. The fourth-order valence-electron chi connectivity index (χ4n) is 3.53. The molecule has 6 nitrogen and oxygen atoms in total. The summed E-state index contributed by atoms with van der Waals surface area (Å²) in [4.78, 5) is 21.3. The van der Waals surface area contributed by atoms with Gasteiger partial charge in [0.05, 0.1) is 5.39 Å². The van der Waals surface area contributed by atoms with Crippen LogP contribution in [0.2, 0.25) is 0 Å². The number of hydrogen-bond acceptors (Lipinski definition) is 5. The minimum atomic E-state index is 0.131. The van der Waals surface area contributed by atoms with Gasteiger partial charge in [0, 0.05) is 37.9 Å². The number of carbonyl (C=O) groups is 1. The van der Waals surface area contributed by atoms with Crippen LogP contribution in [0.25, 0.3) is 11.0 Å². The number of hydrogen-bond donors (Lipinski definition) is 2. The summed E-state index contributed by atoms with van der Waals surface area (Å²) in [6.07, 6.45) is 5.17. The molecule has 0 bridgehead atoms. The molecule has 0 spiro atoms. The van der Waals surface area contributed by atoms with Crippen LogP contribution < -0.4 is 5.32 Å². The van der Waals surface area contributed by atoms with Crippen LogP contribution in [-0.4, -0.2) is 32.0 Å². The van der Waals surface area contributed by atoms with Gasteiger partial charge in [-0.25, -0.2) is 9.97 Å². The van der Waals surface area contributed by atoms with Crippen molar-refractivity contribution in [2.24, 2.45) is 11.8 Å². The van der Waals surface area contributed by atoms with E-state index in [1.807, 2.05) is 29.0 Å². The Labute approximate surface area is 172 Å². The molecule has 0 saturated carbocycles. The SMILES string of the molecule is Cc1ccc(Nc2ncnc3c2ccn3CCC(=O)CC(CCO)C(C)C)cc1. The van der Waals surface area contributed by atoms with E-state index in [-0.39, 0.29) is 18.3 Å². The average Bonchev–Trinajstić information content (AvgIpc) is 3.12. The van der Waals surface area contributed by atoms with Crippen molar-refractivity contribution < 1.29 is 9.90 Å². The monoisotopic (exact) mass is 394 g/mol. The van der Waals surface area contributed by atoms with Crippen molar-refractivity contribution in [1.82, 2.24) is 14.5 Å². The number of fused-ring (bicyclic) bond motifs is 1. The molecule has 0 radical (unpaired) electrons. The highest BCUT2D eigenvalue weighted by Crippen LogP contribution is 2.25. The van der Waals surface area contributed by atoms with Gasteiger partial charge in [-0.15, -0.1) is 0 Å². The molecule has 2 aromatic heterocycles. The van der Waals surface area contributed by atoms with Crippen molar-refractivity contribution in [1.29, 1.82) is 0 Å². The summed E-state index contributed by atoms with van der Waals surface area (Å²) in [5.41, 5.74) is 3.00. The third-order valence-corrected chi connectivity index (χ3v) is 5.43. The molecule has 0 aliphatic rings. The van der Waals surface area contributed by atoms with Gasteiger partial charge in [-0.05, 0) is 43.4 Å². The summed E-state index contributed by atoms with van der Waals surface area (Å²) in [5.74, 6) is 1.61. The Morgan fingerprint density at radius 3 is 2.62 bits per heavy atom. The number of aliphatic hydroxyl groups is 1. The highest BCUT2D eigenvalue weighted by atomic mass is 16.3. The van der Waals surface area contributed by atoms with Crippen molar-refractivity contribution in [3.05, 3.63) is 48.4 Å². The van der Waals surface area contributed by atoms with Gasteiger partial charge in [0.25, 0.3) is 0 Å². The molecule has 0 aliphatic heterocycles. The lowest BCUT2D eigenvalue weighted by atomic mass is 9.87. The molecule has 1 atom stereocenters. The first-order valence-corrected chi connectivity index (χ1v) is 10.2. The Balaban J connectivity index is 1.68. The lowest BCUT2D eigenvalue weighted by Gasteiger charge is -2.19. The average molecular weight is 395 g/mol. The number of Topliss-reactive ketones (excluding diaryl/α,β-unsaturated/α-hetero) is 1. The quantitative estimate of drug-likeness (QED) is 0.530. The maximum absolute atomic E-state index is 12.5. The molecule has 0 saturated heterocycles. The number of aliphatic hydroxyl groups excluding tert-OH is 1. The second-order valence-electron chi connectivity index (χ2n) is 7.97. The Hall–Kier alpha value is -2.73. The molecule has 154 valence electrons. The summed E-state index contributed by atoms with van der Waals surface area (Å²) in [5, 5.41) is 13.5.